The molecule has 1 aromatic carbocycles. The maximum absolute atomic E-state index is 12.7. The summed E-state index contributed by atoms with van der Waals surface area (Å²) in [4.78, 5) is 14.9. The monoisotopic (exact) mass is 420 g/mol. The molecule has 140 valence electrons. The zero-order valence-corrected chi connectivity index (χ0v) is 17.0. The third-order valence-corrected chi connectivity index (χ3v) is 5.51. The van der Waals surface area contributed by atoms with Crippen LogP contribution in [0.4, 0.5) is 5.69 Å². The van der Waals surface area contributed by atoms with Gasteiger partial charge in [-0.1, -0.05) is 26.0 Å². The lowest BCUT2D eigenvalue weighted by Crippen LogP contribution is -2.48. The minimum atomic E-state index is -0.146. The van der Waals surface area contributed by atoms with E-state index in [1.165, 1.54) is 0 Å². The van der Waals surface area contributed by atoms with Crippen LogP contribution in [0.25, 0.3) is 0 Å². The first-order chi connectivity index (χ1) is 12.5. The summed E-state index contributed by atoms with van der Waals surface area (Å²) >= 11 is 3.50. The molecule has 1 atom stereocenters. The quantitative estimate of drug-likeness (QED) is 0.773. The molecule has 7 heteroatoms. The first kappa shape index (κ1) is 18.8. The van der Waals surface area contributed by atoms with Crippen LogP contribution < -0.4 is 15.0 Å². The minimum Gasteiger partial charge on any atom is -0.495 e. The molecule has 1 aromatic heterocycles. The summed E-state index contributed by atoms with van der Waals surface area (Å²) in [5.74, 6) is 0.983. The highest BCUT2D eigenvalue weighted by atomic mass is 79.9. The Labute approximate surface area is 162 Å². The van der Waals surface area contributed by atoms with Crippen molar-refractivity contribution in [3.63, 3.8) is 0 Å². The summed E-state index contributed by atoms with van der Waals surface area (Å²) in [7, 11) is 1.68. The molecule has 26 heavy (non-hydrogen) atoms. The van der Waals surface area contributed by atoms with Crippen LogP contribution in [-0.4, -0.2) is 42.3 Å². The molecule has 2 aromatic rings. The second-order valence-corrected chi connectivity index (χ2v) is 7.68. The minimum absolute atomic E-state index is 0.0762. The van der Waals surface area contributed by atoms with Gasteiger partial charge in [-0.3, -0.25) is 9.89 Å². The average molecular weight is 421 g/mol. The van der Waals surface area contributed by atoms with Crippen LogP contribution in [0.3, 0.4) is 0 Å². The fourth-order valence-corrected chi connectivity index (χ4v) is 4.15. The number of rotatable bonds is 5. The molecule has 1 fully saturated rings. The number of carbonyl (C=O) groups excluding carboxylic acids is 1. The maximum atomic E-state index is 12.7. The molecule has 0 saturated carbocycles. The molecular weight excluding hydrogens is 396 g/mol. The zero-order chi connectivity index (χ0) is 18.7. The highest BCUT2D eigenvalue weighted by molar-refractivity contribution is 9.10. The highest BCUT2D eigenvalue weighted by Gasteiger charge is 2.26. The van der Waals surface area contributed by atoms with Gasteiger partial charge in [0.25, 0.3) is 5.91 Å². The van der Waals surface area contributed by atoms with Crippen LogP contribution in [0.2, 0.25) is 0 Å². The predicted octanol–water partition coefficient (Wildman–Crippen LogP) is 3.70. The second-order valence-electron chi connectivity index (χ2n) is 6.89. The van der Waals surface area contributed by atoms with E-state index in [4.69, 9.17) is 4.74 Å². The number of hydrogen-bond donors (Lipinski definition) is 2. The number of nitrogens with zero attached hydrogens (tertiary/aromatic N) is 2. The van der Waals surface area contributed by atoms with Crippen LogP contribution in [0.5, 0.6) is 5.75 Å². The number of amides is 1. The topological polar surface area (TPSA) is 70.2 Å². The average Bonchev–Trinajstić information content (AvgIpc) is 3.03. The number of benzene rings is 1. The van der Waals surface area contributed by atoms with Crippen molar-refractivity contribution in [3.05, 3.63) is 40.1 Å². The number of hydrogen-bond acceptors (Lipinski definition) is 4. The van der Waals surface area contributed by atoms with Gasteiger partial charge in [0, 0.05) is 19.1 Å². The highest BCUT2D eigenvalue weighted by Crippen LogP contribution is 2.30. The molecule has 0 spiro atoms. The summed E-state index contributed by atoms with van der Waals surface area (Å²) in [5.41, 5.74) is 2.43. The Morgan fingerprint density at radius 1 is 1.42 bits per heavy atom. The van der Waals surface area contributed by atoms with Crippen LogP contribution in [0.1, 0.15) is 48.8 Å². The van der Waals surface area contributed by atoms with Gasteiger partial charge in [0.2, 0.25) is 0 Å². The number of piperidine rings is 1. The lowest BCUT2D eigenvalue weighted by molar-refractivity contribution is 0.0927. The van der Waals surface area contributed by atoms with Crippen molar-refractivity contribution in [2.75, 3.05) is 25.1 Å². The summed E-state index contributed by atoms with van der Waals surface area (Å²) in [5, 5.41) is 10.3. The standard InChI is InChI=1S/C19H25BrN4O2/c1-12(2)17-16(20)18(23-22-17)19(25)21-13-7-6-10-24(11-13)14-8-4-5-9-15(14)26-3/h4-5,8-9,12-13H,6-7,10-11H2,1-3H3,(H,21,25)(H,22,23). The van der Waals surface area contributed by atoms with Crippen LogP contribution in [0, 0.1) is 0 Å². The molecule has 6 nitrogen and oxygen atoms in total. The van der Waals surface area contributed by atoms with Gasteiger partial charge >= 0.3 is 0 Å². The SMILES string of the molecule is COc1ccccc1N1CCCC(NC(=O)c2n[nH]c(C(C)C)c2Br)C1. The molecular formula is C19H25BrN4O2. The number of aromatic amines is 1. The fourth-order valence-electron chi connectivity index (χ4n) is 3.33. The third kappa shape index (κ3) is 3.87. The van der Waals surface area contributed by atoms with Gasteiger partial charge in [-0.05, 0) is 46.8 Å². The van der Waals surface area contributed by atoms with E-state index in [9.17, 15) is 4.79 Å². The molecule has 0 bridgehead atoms. The van der Waals surface area contributed by atoms with E-state index >= 15 is 0 Å². The van der Waals surface area contributed by atoms with E-state index in [2.05, 4.69) is 56.3 Å². The second kappa shape index (κ2) is 8.12. The zero-order valence-electron chi connectivity index (χ0n) is 15.4. The van der Waals surface area contributed by atoms with Crippen molar-refractivity contribution in [1.29, 1.82) is 0 Å². The summed E-state index contributed by atoms with van der Waals surface area (Å²) < 4.78 is 6.23. The van der Waals surface area contributed by atoms with E-state index in [0.29, 0.717) is 5.69 Å². The first-order valence-corrected chi connectivity index (χ1v) is 9.73. The van der Waals surface area contributed by atoms with Crippen molar-refractivity contribution in [3.8, 4) is 5.75 Å². The smallest absolute Gasteiger partial charge is 0.273 e. The molecule has 1 saturated heterocycles. The fraction of sp³-hybridized carbons (Fsp3) is 0.474. The Kier molecular flexibility index (Phi) is 5.86. The number of H-pyrrole nitrogens is 1. The molecule has 2 heterocycles. The molecule has 1 amide bonds. The number of anilines is 1. The predicted molar refractivity (Wildman–Crippen MR) is 106 cm³/mol. The number of nitrogens with one attached hydrogen (secondary N) is 2. The lowest BCUT2D eigenvalue weighted by Gasteiger charge is -2.35. The van der Waals surface area contributed by atoms with Crippen molar-refractivity contribution < 1.29 is 9.53 Å². The number of para-hydroxylation sites is 2. The van der Waals surface area contributed by atoms with Crippen LogP contribution in [0.15, 0.2) is 28.7 Å². The molecule has 3 rings (SSSR count). The Hall–Kier alpha value is -2.02. The van der Waals surface area contributed by atoms with Gasteiger partial charge in [0.1, 0.15) is 5.75 Å². The summed E-state index contributed by atoms with van der Waals surface area (Å²) in [6, 6.07) is 8.07. The number of carbonyl (C=O) groups is 1. The Bertz CT molecular complexity index is 775. The van der Waals surface area contributed by atoms with Crippen molar-refractivity contribution in [1.82, 2.24) is 15.5 Å². The first-order valence-electron chi connectivity index (χ1n) is 8.93. The van der Waals surface area contributed by atoms with E-state index in [0.717, 1.165) is 47.5 Å². The van der Waals surface area contributed by atoms with E-state index in [1.54, 1.807) is 7.11 Å². The Balaban J connectivity index is 1.70. The van der Waals surface area contributed by atoms with Gasteiger partial charge in [-0.15, -0.1) is 0 Å². The summed E-state index contributed by atoms with van der Waals surface area (Å²) in [6.45, 7) is 5.83. The van der Waals surface area contributed by atoms with Crippen LogP contribution >= 0.6 is 15.9 Å². The lowest BCUT2D eigenvalue weighted by atomic mass is 10.0. The van der Waals surface area contributed by atoms with Crippen molar-refractivity contribution >= 4 is 27.5 Å². The Morgan fingerprint density at radius 2 is 2.19 bits per heavy atom. The number of halogens is 1. The summed E-state index contributed by atoms with van der Waals surface area (Å²) in [6.07, 6.45) is 1.97. The van der Waals surface area contributed by atoms with Gasteiger partial charge in [0.15, 0.2) is 5.69 Å². The normalized spacial score (nSPS) is 17.4. The number of ether oxygens (including phenoxy) is 1. The van der Waals surface area contributed by atoms with Gasteiger partial charge in [-0.25, -0.2) is 0 Å². The molecule has 0 radical (unpaired) electrons. The van der Waals surface area contributed by atoms with Gasteiger partial charge in [-0.2, -0.15) is 5.10 Å². The molecule has 2 N–H and O–H groups in total. The van der Waals surface area contributed by atoms with Crippen LogP contribution in [-0.2, 0) is 0 Å². The number of methoxy groups -OCH3 is 1. The molecule has 0 aliphatic carbocycles. The van der Waals surface area contributed by atoms with Crippen molar-refractivity contribution in [2.24, 2.45) is 0 Å². The molecule has 1 unspecified atom stereocenters. The van der Waals surface area contributed by atoms with Gasteiger partial charge < -0.3 is 15.0 Å². The van der Waals surface area contributed by atoms with E-state index in [1.807, 2.05) is 18.2 Å². The largest absolute Gasteiger partial charge is 0.495 e. The van der Waals surface area contributed by atoms with E-state index in [-0.39, 0.29) is 17.9 Å². The molecule has 1 aliphatic heterocycles. The van der Waals surface area contributed by atoms with E-state index < -0.39 is 0 Å². The maximum Gasteiger partial charge on any atom is 0.273 e. The number of aromatic nitrogens is 2. The third-order valence-electron chi connectivity index (χ3n) is 4.71. The molecule has 1 aliphatic rings. The van der Waals surface area contributed by atoms with Gasteiger partial charge in [0.05, 0.1) is 23.0 Å². The Morgan fingerprint density at radius 3 is 2.88 bits per heavy atom. The van der Waals surface area contributed by atoms with Crippen molar-refractivity contribution in [2.45, 2.75) is 38.6 Å².